The number of carbonyl (C=O) groups excluding carboxylic acids is 4. The molecule has 0 aromatic heterocycles. The lowest BCUT2D eigenvalue weighted by molar-refractivity contribution is -0.138. The molecule has 14 heteroatoms. The summed E-state index contributed by atoms with van der Waals surface area (Å²) >= 11 is 3.23. The zero-order valence-electron chi connectivity index (χ0n) is 33.8. The number of hydrogen-bond acceptors (Lipinski definition) is 12. The Morgan fingerprint density at radius 3 is 1.32 bits per heavy atom. The fourth-order valence-electron chi connectivity index (χ4n) is 5.40. The van der Waals surface area contributed by atoms with Gasteiger partial charge in [0.2, 0.25) is 0 Å². The number of rotatable bonds is 25. The zero-order valence-corrected chi connectivity index (χ0v) is 35.5. The second-order valence-electron chi connectivity index (χ2n) is 13.1. The van der Waals surface area contributed by atoms with Crippen LogP contribution in [-0.2, 0) is 28.5 Å². The lowest BCUT2D eigenvalue weighted by atomic mass is 10.1. The summed E-state index contributed by atoms with van der Waals surface area (Å²) in [5, 5.41) is 5.37. The van der Waals surface area contributed by atoms with Crippen molar-refractivity contribution in [2.45, 2.75) is 36.6 Å². The summed E-state index contributed by atoms with van der Waals surface area (Å²) in [5.41, 5.74) is 3.80. The molecule has 0 radical (unpaired) electrons. The highest BCUT2D eigenvalue weighted by Crippen LogP contribution is 2.32. The Morgan fingerprint density at radius 1 is 0.567 bits per heavy atom. The molecule has 4 aromatic rings. The molecule has 4 aromatic carbocycles. The average Bonchev–Trinajstić information content (AvgIpc) is 3.28. The number of para-hydroxylation sites is 2. The van der Waals surface area contributed by atoms with E-state index in [2.05, 4.69) is 37.6 Å². The van der Waals surface area contributed by atoms with Gasteiger partial charge in [-0.2, -0.15) is 23.5 Å². The van der Waals surface area contributed by atoms with E-state index in [1.165, 1.54) is 0 Å². The number of alkyl carbamates (subject to hydrolysis) is 2. The van der Waals surface area contributed by atoms with E-state index in [0.717, 1.165) is 34.4 Å². The molecule has 0 aliphatic carbocycles. The van der Waals surface area contributed by atoms with Crippen molar-refractivity contribution in [3.05, 3.63) is 135 Å². The Hall–Kier alpha value is -5.86. The molecular formula is C46H52N2O10S2. The number of nitrogens with one attached hydrogen (secondary N) is 2. The van der Waals surface area contributed by atoms with Gasteiger partial charge >= 0.3 is 24.1 Å². The third kappa shape index (κ3) is 16.8. The lowest BCUT2D eigenvalue weighted by Gasteiger charge is -2.25. The van der Waals surface area contributed by atoms with Crippen molar-refractivity contribution < 1.29 is 47.6 Å². The Balaban J connectivity index is 1.38. The van der Waals surface area contributed by atoms with Gasteiger partial charge in [-0.1, -0.05) is 124 Å². The summed E-state index contributed by atoms with van der Waals surface area (Å²) in [6.07, 6.45) is -0.520. The minimum Gasteiger partial charge on any atom is -0.489 e. The summed E-state index contributed by atoms with van der Waals surface area (Å²) in [6.45, 7) is 11.1. The first-order chi connectivity index (χ1) is 29.2. The van der Waals surface area contributed by atoms with Crippen LogP contribution in [-0.4, -0.2) is 97.9 Å². The number of ether oxygens (including phenoxy) is 6. The molecule has 0 aliphatic heterocycles. The first-order valence-corrected chi connectivity index (χ1v) is 21.5. The molecule has 4 rings (SSSR count). The van der Waals surface area contributed by atoms with Gasteiger partial charge in [-0.15, -0.1) is 0 Å². The van der Waals surface area contributed by atoms with Crippen LogP contribution >= 0.6 is 23.5 Å². The van der Waals surface area contributed by atoms with E-state index in [9.17, 15) is 19.2 Å². The third-order valence-corrected chi connectivity index (χ3v) is 11.8. The van der Waals surface area contributed by atoms with Gasteiger partial charge in [-0.3, -0.25) is 0 Å². The van der Waals surface area contributed by atoms with Crippen molar-refractivity contribution in [1.82, 2.24) is 10.6 Å². The van der Waals surface area contributed by atoms with Gasteiger partial charge in [0.1, 0.15) is 50.1 Å². The van der Waals surface area contributed by atoms with Crippen molar-refractivity contribution in [3.63, 3.8) is 0 Å². The number of hydrogen-bond donors (Lipinski definition) is 2. The second-order valence-corrected chi connectivity index (χ2v) is 15.9. The first-order valence-electron chi connectivity index (χ1n) is 19.4. The Labute approximate surface area is 360 Å². The Bertz CT molecular complexity index is 1830. The zero-order chi connectivity index (χ0) is 43.0. The van der Waals surface area contributed by atoms with Crippen molar-refractivity contribution in [1.29, 1.82) is 0 Å². The number of amides is 2. The van der Waals surface area contributed by atoms with Gasteiger partial charge in [0.05, 0.1) is 13.1 Å². The van der Waals surface area contributed by atoms with Crippen LogP contribution in [0.15, 0.2) is 135 Å². The number of esters is 2. The molecule has 12 nitrogen and oxygen atoms in total. The van der Waals surface area contributed by atoms with Crippen LogP contribution in [0.2, 0.25) is 0 Å². The standard InChI is InChI=1S/C46H52N2O10S2/c1-5-43(49)53-27-25-47-45(51)57-37(29-55-41-23-15-13-21-39(41)35-17-9-7-10-18-35)31-59-33(3)34(4)60-32-38(58-46(52)48-26-28-54-44(50)6-2)30-56-42-24-16-14-22-40(42)36-19-11-8-12-20-36/h5-24,33-34,37-38H,1-2,25-32H2,3-4H3,(H,47,51)(H,48,52). The largest absolute Gasteiger partial charge is 0.489 e. The smallest absolute Gasteiger partial charge is 0.407 e. The summed E-state index contributed by atoms with van der Waals surface area (Å²) in [4.78, 5) is 48.5. The summed E-state index contributed by atoms with van der Waals surface area (Å²) in [5.74, 6) is 0.955. The molecule has 0 saturated heterocycles. The highest BCUT2D eigenvalue weighted by Gasteiger charge is 2.24. The van der Waals surface area contributed by atoms with Crippen LogP contribution in [0.5, 0.6) is 11.5 Å². The minimum atomic E-state index is -0.670. The third-order valence-electron chi connectivity index (χ3n) is 8.66. The monoisotopic (exact) mass is 856 g/mol. The van der Waals surface area contributed by atoms with Crippen LogP contribution in [0, 0.1) is 0 Å². The molecule has 318 valence electrons. The molecule has 0 aliphatic rings. The van der Waals surface area contributed by atoms with Crippen LogP contribution in [0.4, 0.5) is 9.59 Å². The molecule has 0 heterocycles. The number of carbonyl (C=O) groups is 4. The molecule has 2 N–H and O–H groups in total. The normalized spacial score (nSPS) is 12.6. The maximum absolute atomic E-state index is 12.9. The summed E-state index contributed by atoms with van der Waals surface area (Å²) < 4.78 is 34.1. The molecule has 0 saturated carbocycles. The highest BCUT2D eigenvalue weighted by molar-refractivity contribution is 8.03. The maximum atomic E-state index is 12.9. The van der Waals surface area contributed by atoms with Crippen molar-refractivity contribution in [2.24, 2.45) is 0 Å². The Morgan fingerprint density at radius 2 is 0.933 bits per heavy atom. The van der Waals surface area contributed by atoms with E-state index >= 15 is 0 Å². The average molecular weight is 857 g/mol. The minimum absolute atomic E-state index is 0.0335. The molecule has 0 spiro atoms. The molecule has 0 bridgehead atoms. The molecule has 2 amide bonds. The predicted molar refractivity (Wildman–Crippen MR) is 237 cm³/mol. The quantitative estimate of drug-likeness (QED) is 0.0286. The van der Waals surface area contributed by atoms with Gasteiger partial charge in [0.15, 0.2) is 0 Å². The molecule has 60 heavy (non-hydrogen) atoms. The highest BCUT2D eigenvalue weighted by atomic mass is 32.2. The summed E-state index contributed by atoms with van der Waals surface area (Å²) in [7, 11) is 0. The Kier molecular flexibility index (Phi) is 20.5. The van der Waals surface area contributed by atoms with E-state index < -0.39 is 36.3 Å². The first kappa shape index (κ1) is 46.8. The van der Waals surface area contributed by atoms with Gasteiger partial charge in [0, 0.05) is 45.3 Å². The predicted octanol–water partition coefficient (Wildman–Crippen LogP) is 8.37. The van der Waals surface area contributed by atoms with Gasteiger partial charge in [-0.25, -0.2) is 19.2 Å². The van der Waals surface area contributed by atoms with Crippen LogP contribution in [0.3, 0.4) is 0 Å². The number of thioether (sulfide) groups is 2. The summed E-state index contributed by atoms with van der Waals surface area (Å²) in [6, 6.07) is 35.1. The van der Waals surface area contributed by atoms with Crippen molar-refractivity contribution in [3.8, 4) is 33.8 Å². The van der Waals surface area contributed by atoms with Crippen LogP contribution in [0.25, 0.3) is 22.3 Å². The van der Waals surface area contributed by atoms with E-state index in [0.29, 0.717) is 23.0 Å². The SMILES string of the molecule is C=CC(=O)OCCNC(=O)OC(COc1ccccc1-c1ccccc1)CSC(C)C(C)SCC(COc1ccccc1-c1ccccc1)OC(=O)NCCOC(=O)C=C. The van der Waals surface area contributed by atoms with Gasteiger partial charge < -0.3 is 39.1 Å². The number of benzene rings is 4. The molecule has 4 unspecified atom stereocenters. The lowest BCUT2D eigenvalue weighted by Crippen LogP contribution is -2.36. The molecular weight excluding hydrogens is 805 g/mol. The van der Waals surface area contributed by atoms with Crippen molar-refractivity contribution >= 4 is 47.6 Å². The van der Waals surface area contributed by atoms with Crippen LogP contribution in [0.1, 0.15) is 13.8 Å². The second kappa shape index (κ2) is 26.3. The van der Waals surface area contributed by atoms with Gasteiger partial charge in [-0.05, 0) is 23.3 Å². The fraction of sp³-hybridized carbons (Fsp3) is 0.304. The van der Waals surface area contributed by atoms with Crippen molar-refractivity contribution in [2.75, 3.05) is 51.0 Å². The fourth-order valence-corrected chi connectivity index (χ4v) is 7.78. The maximum Gasteiger partial charge on any atom is 0.407 e. The molecule has 4 atom stereocenters. The van der Waals surface area contributed by atoms with E-state index in [1.54, 1.807) is 23.5 Å². The molecule has 0 fully saturated rings. The van der Waals surface area contributed by atoms with E-state index in [1.807, 2.05) is 109 Å². The van der Waals surface area contributed by atoms with E-state index in [4.69, 9.17) is 28.4 Å². The van der Waals surface area contributed by atoms with Crippen LogP contribution < -0.4 is 20.1 Å². The van der Waals surface area contributed by atoms with E-state index in [-0.39, 0.29) is 50.0 Å². The topological polar surface area (TPSA) is 148 Å². The van der Waals surface area contributed by atoms with Gasteiger partial charge in [0.25, 0.3) is 0 Å².